The van der Waals surface area contributed by atoms with Crippen LogP contribution in [-0.4, -0.2) is 72.1 Å². The summed E-state index contributed by atoms with van der Waals surface area (Å²) >= 11 is 0. The predicted molar refractivity (Wildman–Crippen MR) is 46.0 cm³/mol. The zero-order valence-electron chi connectivity index (χ0n) is 7.81. The van der Waals surface area contributed by atoms with Gasteiger partial charge in [-0.2, -0.15) is 0 Å². The van der Waals surface area contributed by atoms with Crippen LogP contribution in [0.3, 0.4) is 0 Å². The first kappa shape index (κ1) is 6.35. The molecule has 0 N–H and O–H groups in total. The minimum absolute atomic E-state index is 0.909. The molecule has 3 saturated heterocycles. The van der Waals surface area contributed by atoms with Crippen LogP contribution in [0.4, 0.5) is 0 Å². The first-order valence-electron chi connectivity index (χ1n) is 4.89. The molecule has 1 aliphatic carbocycles. The quantitative estimate of drug-likeness (QED) is 0.428. The summed E-state index contributed by atoms with van der Waals surface area (Å²) in [6.45, 7) is 0. The molecule has 4 fully saturated rings. The monoisotopic (exact) mass is 165 g/mol. The molecule has 0 radical (unpaired) electrons. The van der Waals surface area contributed by atoms with Crippen LogP contribution in [0.2, 0.25) is 0 Å². The van der Waals surface area contributed by atoms with Crippen LogP contribution in [0.5, 0.6) is 0 Å². The summed E-state index contributed by atoms with van der Waals surface area (Å²) in [5.74, 6) is 0. The zero-order valence-corrected chi connectivity index (χ0v) is 7.81. The molecule has 0 aromatic heterocycles. The maximum Gasteiger partial charge on any atom is 0.0440 e. The lowest BCUT2D eigenvalue weighted by molar-refractivity contribution is 0.515. The molecular formula is C9H15N3. The molecular weight excluding hydrogens is 150 g/mol. The van der Waals surface area contributed by atoms with Crippen molar-refractivity contribution >= 4 is 0 Å². The van der Waals surface area contributed by atoms with Crippen molar-refractivity contribution in [2.75, 3.05) is 21.1 Å². The smallest absolute Gasteiger partial charge is 0.0440 e. The Bertz CT molecular complexity index is 188. The Morgan fingerprint density at radius 2 is 0.667 bits per heavy atom. The Morgan fingerprint density at radius 1 is 0.500 bits per heavy atom. The summed E-state index contributed by atoms with van der Waals surface area (Å²) in [7, 11) is 6.85. The summed E-state index contributed by atoms with van der Waals surface area (Å²) in [6.07, 6.45) is 0. The Balaban J connectivity index is 1.74. The average molecular weight is 165 g/mol. The fraction of sp³-hybridized carbons (Fsp3) is 1.00. The molecule has 0 bridgehead atoms. The van der Waals surface area contributed by atoms with Crippen molar-refractivity contribution in [2.45, 2.75) is 36.3 Å². The molecule has 0 atom stereocenters. The molecule has 0 aromatic carbocycles. The van der Waals surface area contributed by atoms with E-state index in [1.165, 1.54) is 0 Å². The third-order valence-electron chi connectivity index (χ3n) is 4.65. The fourth-order valence-corrected chi connectivity index (χ4v) is 3.82. The second-order valence-corrected chi connectivity index (χ2v) is 4.94. The van der Waals surface area contributed by atoms with Crippen LogP contribution in [0.25, 0.3) is 0 Å². The van der Waals surface area contributed by atoms with Gasteiger partial charge in [-0.05, 0) is 21.1 Å². The summed E-state index contributed by atoms with van der Waals surface area (Å²) in [4.78, 5) is 7.69. The highest BCUT2D eigenvalue weighted by Crippen LogP contribution is 2.59. The summed E-state index contributed by atoms with van der Waals surface area (Å²) in [5.41, 5.74) is 0. The maximum atomic E-state index is 2.56. The largest absolute Gasteiger partial charge is 0.294 e. The van der Waals surface area contributed by atoms with Gasteiger partial charge in [-0.25, -0.2) is 0 Å². The standard InChI is InChI=1S/C9H15N3/c1-10-4-5(10)7-9(12(7)3)8-6(4)11(8)2/h4-9H,1-3H3. The van der Waals surface area contributed by atoms with E-state index in [0.29, 0.717) is 0 Å². The van der Waals surface area contributed by atoms with Gasteiger partial charge in [0.05, 0.1) is 0 Å². The van der Waals surface area contributed by atoms with Crippen LogP contribution in [-0.2, 0) is 0 Å². The number of fused-ring (bicyclic) bond motifs is 6. The van der Waals surface area contributed by atoms with Gasteiger partial charge in [-0.3, -0.25) is 14.7 Å². The van der Waals surface area contributed by atoms with E-state index in [1.54, 1.807) is 0 Å². The van der Waals surface area contributed by atoms with E-state index in [1.807, 2.05) is 0 Å². The third-order valence-corrected chi connectivity index (χ3v) is 4.65. The number of hydrogen-bond donors (Lipinski definition) is 0. The van der Waals surface area contributed by atoms with Gasteiger partial charge in [0.15, 0.2) is 0 Å². The highest BCUT2D eigenvalue weighted by atomic mass is 15.6. The minimum atomic E-state index is 0.909. The van der Waals surface area contributed by atoms with Gasteiger partial charge in [-0.15, -0.1) is 0 Å². The van der Waals surface area contributed by atoms with Gasteiger partial charge in [0.25, 0.3) is 0 Å². The number of likely N-dealkylation sites (N-methyl/N-ethyl adjacent to an activating group) is 3. The van der Waals surface area contributed by atoms with Crippen LogP contribution < -0.4 is 0 Å². The van der Waals surface area contributed by atoms with Crippen LogP contribution in [0, 0.1) is 0 Å². The lowest BCUT2D eigenvalue weighted by Crippen LogP contribution is -2.20. The second-order valence-electron chi connectivity index (χ2n) is 4.94. The molecule has 3 heterocycles. The van der Waals surface area contributed by atoms with E-state index >= 15 is 0 Å². The first-order valence-corrected chi connectivity index (χ1v) is 4.89. The van der Waals surface area contributed by atoms with Crippen LogP contribution >= 0.6 is 0 Å². The highest BCUT2D eigenvalue weighted by molar-refractivity contribution is 5.37. The summed E-state index contributed by atoms with van der Waals surface area (Å²) in [6, 6.07) is 5.45. The predicted octanol–water partition coefficient (Wildman–Crippen LogP) is -0.952. The fourth-order valence-electron chi connectivity index (χ4n) is 3.82. The molecule has 3 nitrogen and oxygen atoms in total. The molecule has 1 saturated carbocycles. The molecule has 0 spiro atoms. The lowest BCUT2D eigenvalue weighted by Gasteiger charge is -1.96. The van der Waals surface area contributed by atoms with E-state index in [4.69, 9.17) is 0 Å². The van der Waals surface area contributed by atoms with Crippen molar-refractivity contribution in [3.8, 4) is 0 Å². The number of rotatable bonds is 0. The Hall–Kier alpha value is -0.120. The number of hydrogen-bond acceptors (Lipinski definition) is 3. The molecule has 3 heteroatoms. The molecule has 3 aliphatic heterocycles. The van der Waals surface area contributed by atoms with Crippen molar-refractivity contribution in [1.82, 2.24) is 14.7 Å². The van der Waals surface area contributed by atoms with E-state index in [-0.39, 0.29) is 0 Å². The van der Waals surface area contributed by atoms with E-state index in [0.717, 1.165) is 36.3 Å². The molecule has 4 aliphatic rings. The Morgan fingerprint density at radius 3 is 0.833 bits per heavy atom. The first-order chi connectivity index (χ1) is 5.73. The zero-order chi connectivity index (χ0) is 8.20. The molecule has 0 amide bonds. The second kappa shape index (κ2) is 1.47. The van der Waals surface area contributed by atoms with Gasteiger partial charge in [0, 0.05) is 36.3 Å². The van der Waals surface area contributed by atoms with Crippen molar-refractivity contribution in [3.05, 3.63) is 0 Å². The molecule has 12 heavy (non-hydrogen) atoms. The van der Waals surface area contributed by atoms with Crippen LogP contribution in [0.15, 0.2) is 0 Å². The van der Waals surface area contributed by atoms with Gasteiger partial charge >= 0.3 is 0 Å². The van der Waals surface area contributed by atoms with Gasteiger partial charge in [0.1, 0.15) is 0 Å². The molecule has 4 rings (SSSR count). The number of nitrogens with zero attached hydrogens (tertiary/aromatic N) is 3. The SMILES string of the molecule is CN1C2C3C(C4C(C21)N4C)N3C. The molecule has 0 aromatic rings. The van der Waals surface area contributed by atoms with Gasteiger partial charge in [-0.1, -0.05) is 0 Å². The third kappa shape index (κ3) is 0.444. The summed E-state index contributed by atoms with van der Waals surface area (Å²) < 4.78 is 0. The van der Waals surface area contributed by atoms with E-state index in [2.05, 4.69) is 35.8 Å². The van der Waals surface area contributed by atoms with Gasteiger partial charge < -0.3 is 0 Å². The van der Waals surface area contributed by atoms with Crippen molar-refractivity contribution in [3.63, 3.8) is 0 Å². The van der Waals surface area contributed by atoms with Crippen LogP contribution in [0.1, 0.15) is 0 Å². The van der Waals surface area contributed by atoms with Crippen molar-refractivity contribution in [1.29, 1.82) is 0 Å². The number of likely N-dealkylation sites (tertiary alicyclic amines) is 3. The average Bonchev–Trinajstić information content (AvgIpc) is 2.92. The van der Waals surface area contributed by atoms with Gasteiger partial charge in [0.2, 0.25) is 0 Å². The Kier molecular flexibility index (Phi) is 0.778. The van der Waals surface area contributed by atoms with Crippen molar-refractivity contribution < 1.29 is 0 Å². The molecule has 66 valence electrons. The molecule has 0 unspecified atom stereocenters. The van der Waals surface area contributed by atoms with E-state index < -0.39 is 0 Å². The topological polar surface area (TPSA) is 9.03 Å². The minimum Gasteiger partial charge on any atom is -0.294 e. The normalized spacial score (nSPS) is 81.8. The van der Waals surface area contributed by atoms with Crippen molar-refractivity contribution in [2.24, 2.45) is 0 Å². The van der Waals surface area contributed by atoms with E-state index in [9.17, 15) is 0 Å². The summed E-state index contributed by atoms with van der Waals surface area (Å²) in [5, 5.41) is 0. The lowest BCUT2D eigenvalue weighted by atomic mass is 10.0. The Labute approximate surface area is 72.9 Å². The highest BCUT2D eigenvalue weighted by Gasteiger charge is 2.79. The maximum absolute atomic E-state index is 2.56.